The minimum atomic E-state index is -0.690. The van der Waals surface area contributed by atoms with Gasteiger partial charge in [0.05, 0.1) is 23.3 Å². The molecule has 10 heteroatoms. The van der Waals surface area contributed by atoms with Crippen molar-refractivity contribution in [2.75, 3.05) is 7.11 Å². The standard InChI is InChI=1S/C18H13N3O6S/c1-26-17(23)13(14-9-16(22)20-18(28)19-14)8-12-6-7-15(27-12)10-2-4-11(5-3-10)21(24)25/h2-9H,1H3,(H2,19,20,22,28)/b13-8-. The Morgan fingerprint density at radius 3 is 2.54 bits per heavy atom. The Labute approximate surface area is 162 Å². The number of non-ortho nitro benzene ring substituents is 1. The quantitative estimate of drug-likeness (QED) is 0.221. The summed E-state index contributed by atoms with van der Waals surface area (Å²) in [6, 6.07) is 10.3. The monoisotopic (exact) mass is 399 g/mol. The summed E-state index contributed by atoms with van der Waals surface area (Å²) in [6.07, 6.45) is 1.40. The maximum absolute atomic E-state index is 12.2. The molecule has 28 heavy (non-hydrogen) atoms. The van der Waals surface area contributed by atoms with Crippen LogP contribution in [0.15, 0.2) is 51.7 Å². The number of nitro groups is 1. The molecule has 0 fully saturated rings. The highest BCUT2D eigenvalue weighted by Gasteiger charge is 2.16. The van der Waals surface area contributed by atoms with Gasteiger partial charge in [-0.05, 0) is 42.6 Å². The summed E-state index contributed by atoms with van der Waals surface area (Å²) in [5.41, 5.74) is 0.339. The Morgan fingerprint density at radius 2 is 1.93 bits per heavy atom. The van der Waals surface area contributed by atoms with E-state index in [9.17, 15) is 19.7 Å². The number of aromatic nitrogens is 2. The molecule has 1 aromatic carbocycles. The minimum Gasteiger partial charge on any atom is -0.465 e. The maximum atomic E-state index is 12.2. The third-order valence-corrected chi connectivity index (χ3v) is 3.94. The fourth-order valence-corrected chi connectivity index (χ4v) is 2.66. The van der Waals surface area contributed by atoms with Gasteiger partial charge in [0.1, 0.15) is 11.5 Å². The number of esters is 1. The Bertz CT molecular complexity index is 1160. The van der Waals surface area contributed by atoms with Gasteiger partial charge in [-0.25, -0.2) is 4.79 Å². The molecule has 3 aromatic rings. The molecule has 0 radical (unpaired) electrons. The van der Waals surface area contributed by atoms with Crippen molar-refractivity contribution in [2.24, 2.45) is 0 Å². The number of carbonyl (C=O) groups excluding carboxylic acids is 1. The number of nitrogens with one attached hydrogen (secondary N) is 2. The van der Waals surface area contributed by atoms with Crippen molar-refractivity contribution in [3.8, 4) is 11.3 Å². The maximum Gasteiger partial charge on any atom is 0.340 e. The molecule has 0 spiro atoms. The number of benzene rings is 1. The second-order valence-electron chi connectivity index (χ2n) is 5.56. The Kier molecular flexibility index (Phi) is 5.32. The van der Waals surface area contributed by atoms with Gasteiger partial charge in [0.2, 0.25) is 0 Å². The number of H-pyrrole nitrogens is 2. The molecule has 0 aliphatic heterocycles. The number of furan rings is 1. The summed E-state index contributed by atoms with van der Waals surface area (Å²) in [7, 11) is 1.21. The molecule has 0 saturated carbocycles. The summed E-state index contributed by atoms with van der Waals surface area (Å²) in [6.45, 7) is 0. The van der Waals surface area contributed by atoms with E-state index in [1.54, 1.807) is 24.3 Å². The van der Waals surface area contributed by atoms with Crippen LogP contribution in [0, 0.1) is 14.9 Å². The molecular formula is C18H13N3O6S. The van der Waals surface area contributed by atoms with Crippen LogP contribution in [0.2, 0.25) is 0 Å². The first-order chi connectivity index (χ1) is 13.4. The van der Waals surface area contributed by atoms with Crippen molar-refractivity contribution in [2.45, 2.75) is 0 Å². The van der Waals surface area contributed by atoms with Crippen molar-refractivity contribution in [3.63, 3.8) is 0 Å². The van der Waals surface area contributed by atoms with Gasteiger partial charge < -0.3 is 14.1 Å². The van der Waals surface area contributed by atoms with E-state index in [1.165, 1.54) is 31.4 Å². The van der Waals surface area contributed by atoms with Gasteiger partial charge in [-0.2, -0.15) is 0 Å². The molecular weight excluding hydrogens is 386 g/mol. The van der Waals surface area contributed by atoms with Gasteiger partial charge in [0.15, 0.2) is 4.77 Å². The number of nitrogens with zero attached hydrogens (tertiary/aromatic N) is 1. The van der Waals surface area contributed by atoms with Crippen LogP contribution < -0.4 is 5.56 Å². The molecule has 0 atom stereocenters. The van der Waals surface area contributed by atoms with E-state index in [4.69, 9.17) is 21.4 Å². The zero-order chi connectivity index (χ0) is 20.3. The third kappa shape index (κ3) is 4.13. The van der Waals surface area contributed by atoms with E-state index in [2.05, 4.69) is 9.97 Å². The van der Waals surface area contributed by atoms with E-state index < -0.39 is 16.5 Å². The summed E-state index contributed by atoms with van der Waals surface area (Å²) in [4.78, 5) is 39.2. The van der Waals surface area contributed by atoms with E-state index >= 15 is 0 Å². The number of rotatable bonds is 5. The molecule has 0 saturated heterocycles. The van der Waals surface area contributed by atoms with Crippen LogP contribution in [-0.2, 0) is 9.53 Å². The van der Waals surface area contributed by atoms with Gasteiger partial charge in [-0.3, -0.25) is 19.9 Å². The van der Waals surface area contributed by atoms with Gasteiger partial charge in [0, 0.05) is 23.8 Å². The van der Waals surface area contributed by atoms with Crippen molar-refractivity contribution < 1.29 is 18.9 Å². The van der Waals surface area contributed by atoms with Gasteiger partial charge >= 0.3 is 5.97 Å². The lowest BCUT2D eigenvalue weighted by Gasteiger charge is -2.05. The molecule has 2 N–H and O–H groups in total. The van der Waals surface area contributed by atoms with Crippen molar-refractivity contribution >= 4 is 35.5 Å². The molecule has 2 aromatic heterocycles. The van der Waals surface area contributed by atoms with Crippen LogP contribution in [-0.4, -0.2) is 28.0 Å². The predicted molar refractivity (Wildman–Crippen MR) is 103 cm³/mol. The molecule has 0 aliphatic carbocycles. The Hall–Kier alpha value is -3.79. The van der Waals surface area contributed by atoms with Gasteiger partial charge in [-0.1, -0.05) is 0 Å². The van der Waals surface area contributed by atoms with E-state index in [-0.39, 0.29) is 21.7 Å². The molecule has 142 valence electrons. The van der Waals surface area contributed by atoms with Crippen molar-refractivity contribution in [3.05, 3.63) is 79.2 Å². The molecule has 2 heterocycles. The van der Waals surface area contributed by atoms with Crippen LogP contribution in [0.5, 0.6) is 0 Å². The normalized spacial score (nSPS) is 11.2. The highest BCUT2D eigenvalue weighted by atomic mass is 32.1. The largest absolute Gasteiger partial charge is 0.465 e. The predicted octanol–water partition coefficient (Wildman–Crippen LogP) is 3.31. The molecule has 3 rings (SSSR count). The summed E-state index contributed by atoms with van der Waals surface area (Å²) in [5, 5.41) is 10.7. The van der Waals surface area contributed by atoms with E-state index in [0.29, 0.717) is 17.1 Å². The first-order valence-electron chi connectivity index (χ1n) is 7.86. The van der Waals surface area contributed by atoms with E-state index in [1.807, 2.05) is 0 Å². The molecule has 0 amide bonds. The molecule has 0 bridgehead atoms. The third-order valence-electron chi connectivity index (χ3n) is 3.73. The SMILES string of the molecule is COC(=O)/C(=C\c1ccc(-c2ccc([N+](=O)[O-])cc2)o1)c1cc(=O)[nH]c(=S)[nH]1. The Morgan fingerprint density at radius 1 is 1.21 bits per heavy atom. The number of ether oxygens (including phenoxy) is 1. The second-order valence-corrected chi connectivity index (χ2v) is 5.97. The summed E-state index contributed by atoms with van der Waals surface area (Å²) in [5.74, 6) is 0.0714. The number of hydrogen-bond acceptors (Lipinski definition) is 7. The smallest absolute Gasteiger partial charge is 0.340 e. The summed E-state index contributed by atoms with van der Waals surface area (Å²) >= 11 is 4.93. The average Bonchev–Trinajstić information content (AvgIpc) is 3.13. The topological polar surface area (TPSA) is 131 Å². The second kappa shape index (κ2) is 7.84. The van der Waals surface area contributed by atoms with Crippen molar-refractivity contribution in [1.82, 2.24) is 9.97 Å². The zero-order valence-corrected chi connectivity index (χ0v) is 15.2. The first-order valence-corrected chi connectivity index (χ1v) is 8.27. The fraction of sp³-hybridized carbons (Fsp3) is 0.0556. The van der Waals surface area contributed by atoms with Gasteiger partial charge in [-0.15, -0.1) is 0 Å². The van der Waals surface area contributed by atoms with Crippen molar-refractivity contribution in [1.29, 1.82) is 0 Å². The summed E-state index contributed by atoms with van der Waals surface area (Å²) < 4.78 is 10.5. The Balaban J connectivity index is 2.00. The van der Waals surface area contributed by atoms with Gasteiger partial charge in [0.25, 0.3) is 11.2 Å². The lowest BCUT2D eigenvalue weighted by molar-refractivity contribution is -0.384. The van der Waals surface area contributed by atoms with Crippen LogP contribution in [0.25, 0.3) is 23.0 Å². The highest BCUT2D eigenvalue weighted by Crippen LogP contribution is 2.26. The lowest BCUT2D eigenvalue weighted by atomic mass is 10.1. The highest BCUT2D eigenvalue weighted by molar-refractivity contribution is 7.71. The van der Waals surface area contributed by atoms with Crippen LogP contribution in [0.1, 0.15) is 11.5 Å². The minimum absolute atomic E-state index is 0.0343. The average molecular weight is 399 g/mol. The number of methoxy groups -OCH3 is 1. The lowest BCUT2D eigenvalue weighted by Crippen LogP contribution is -2.12. The first kappa shape index (κ1) is 19.0. The van der Waals surface area contributed by atoms with Crippen LogP contribution >= 0.6 is 12.2 Å². The number of hydrogen-bond donors (Lipinski definition) is 2. The number of aromatic amines is 2. The molecule has 0 unspecified atom stereocenters. The molecule has 9 nitrogen and oxygen atoms in total. The van der Waals surface area contributed by atoms with E-state index in [0.717, 1.165) is 0 Å². The number of nitro benzene ring substituents is 1. The van der Waals surface area contributed by atoms with Crippen LogP contribution in [0.4, 0.5) is 5.69 Å². The van der Waals surface area contributed by atoms with Crippen LogP contribution in [0.3, 0.4) is 0 Å². The molecule has 0 aliphatic rings. The zero-order valence-electron chi connectivity index (χ0n) is 14.4. The fourth-order valence-electron chi connectivity index (χ4n) is 2.45. The number of carbonyl (C=O) groups is 1.